The summed E-state index contributed by atoms with van der Waals surface area (Å²) in [5.41, 5.74) is 8.90. The van der Waals surface area contributed by atoms with Crippen molar-refractivity contribution in [3.8, 4) is 11.1 Å². The predicted octanol–water partition coefficient (Wildman–Crippen LogP) is 3.47. The van der Waals surface area contributed by atoms with Gasteiger partial charge in [0, 0.05) is 18.5 Å². The van der Waals surface area contributed by atoms with E-state index in [2.05, 4.69) is 5.10 Å². The molecule has 0 saturated heterocycles. The summed E-state index contributed by atoms with van der Waals surface area (Å²) in [5, 5.41) is 4.57. The molecule has 0 spiro atoms. The van der Waals surface area contributed by atoms with Crippen LogP contribution in [0.2, 0.25) is 0 Å². The molecule has 3 nitrogen and oxygen atoms in total. The highest BCUT2D eigenvalue weighted by Gasteiger charge is 2.26. The number of aryl methyl sites for hydroxylation is 1. The fourth-order valence-electron chi connectivity index (χ4n) is 2.98. The molecule has 1 aliphatic carbocycles. The van der Waals surface area contributed by atoms with Crippen LogP contribution >= 0.6 is 0 Å². The number of anilines is 1. The Balaban J connectivity index is 2.13. The van der Waals surface area contributed by atoms with Gasteiger partial charge < -0.3 is 5.73 Å². The number of benzene rings is 1. The number of halogens is 1. The third-order valence-corrected chi connectivity index (χ3v) is 3.97. The largest absolute Gasteiger partial charge is 0.383 e. The Morgan fingerprint density at radius 1 is 1.32 bits per heavy atom. The summed E-state index contributed by atoms with van der Waals surface area (Å²) in [5.74, 6) is 0.840. The zero-order valence-corrected chi connectivity index (χ0v) is 11.1. The molecule has 0 aliphatic heterocycles. The molecule has 0 bridgehead atoms. The maximum Gasteiger partial charge on any atom is 0.129 e. The summed E-state index contributed by atoms with van der Waals surface area (Å²) in [4.78, 5) is 0. The second-order valence-corrected chi connectivity index (χ2v) is 5.26. The molecular formula is C15H18FN3. The van der Waals surface area contributed by atoms with Crippen LogP contribution in [-0.4, -0.2) is 9.78 Å². The van der Waals surface area contributed by atoms with Crippen molar-refractivity contribution in [1.29, 1.82) is 0 Å². The molecule has 1 heterocycles. The highest BCUT2D eigenvalue weighted by Crippen LogP contribution is 2.41. The molecule has 2 aromatic rings. The number of aromatic nitrogens is 2. The molecule has 3 rings (SSSR count). The Morgan fingerprint density at radius 2 is 2.05 bits per heavy atom. The lowest BCUT2D eigenvalue weighted by molar-refractivity contribution is 0.628. The van der Waals surface area contributed by atoms with Gasteiger partial charge in [0.05, 0.1) is 5.69 Å². The lowest BCUT2D eigenvalue weighted by Crippen LogP contribution is -1.98. The smallest absolute Gasteiger partial charge is 0.129 e. The Hall–Kier alpha value is -1.84. The first-order chi connectivity index (χ1) is 9.16. The molecule has 1 fully saturated rings. The summed E-state index contributed by atoms with van der Waals surface area (Å²) >= 11 is 0. The molecule has 4 heteroatoms. The van der Waals surface area contributed by atoms with E-state index >= 15 is 0 Å². The van der Waals surface area contributed by atoms with E-state index in [0.717, 1.165) is 29.7 Å². The first kappa shape index (κ1) is 12.2. The van der Waals surface area contributed by atoms with Crippen LogP contribution in [0, 0.1) is 5.82 Å². The van der Waals surface area contributed by atoms with Crippen molar-refractivity contribution in [2.24, 2.45) is 7.05 Å². The number of hydrogen-bond donors (Lipinski definition) is 1. The normalized spacial score (nSPS) is 16.1. The van der Waals surface area contributed by atoms with Crippen LogP contribution in [0.15, 0.2) is 24.3 Å². The van der Waals surface area contributed by atoms with Crippen molar-refractivity contribution in [2.45, 2.75) is 31.6 Å². The molecule has 2 N–H and O–H groups in total. The third-order valence-electron chi connectivity index (χ3n) is 3.97. The van der Waals surface area contributed by atoms with E-state index in [1.807, 2.05) is 13.1 Å². The third kappa shape index (κ3) is 2.11. The van der Waals surface area contributed by atoms with Gasteiger partial charge in [-0.05, 0) is 30.5 Å². The van der Waals surface area contributed by atoms with Crippen LogP contribution in [0.4, 0.5) is 10.2 Å². The Morgan fingerprint density at radius 3 is 2.74 bits per heavy atom. The zero-order valence-electron chi connectivity index (χ0n) is 11.1. The molecule has 0 amide bonds. The number of nitrogens with zero attached hydrogens (tertiary/aromatic N) is 2. The van der Waals surface area contributed by atoms with Crippen molar-refractivity contribution in [1.82, 2.24) is 9.78 Å². The Labute approximate surface area is 112 Å². The molecule has 1 aromatic heterocycles. The van der Waals surface area contributed by atoms with Gasteiger partial charge in [0.1, 0.15) is 11.6 Å². The Kier molecular flexibility index (Phi) is 3.01. The van der Waals surface area contributed by atoms with Crippen molar-refractivity contribution in [3.05, 3.63) is 35.8 Å². The van der Waals surface area contributed by atoms with Gasteiger partial charge in [-0.25, -0.2) is 4.39 Å². The molecule has 0 radical (unpaired) electrons. The minimum Gasteiger partial charge on any atom is -0.383 e. The number of rotatable bonds is 2. The first-order valence-electron chi connectivity index (χ1n) is 6.75. The van der Waals surface area contributed by atoms with E-state index < -0.39 is 0 Å². The molecule has 19 heavy (non-hydrogen) atoms. The summed E-state index contributed by atoms with van der Waals surface area (Å²) in [6.45, 7) is 0. The van der Waals surface area contributed by atoms with Crippen molar-refractivity contribution in [2.75, 3.05) is 5.73 Å². The van der Waals surface area contributed by atoms with Crippen LogP contribution in [-0.2, 0) is 7.05 Å². The van der Waals surface area contributed by atoms with Gasteiger partial charge in [0.15, 0.2) is 0 Å². The molecule has 1 saturated carbocycles. The lowest BCUT2D eigenvalue weighted by atomic mass is 9.95. The molecule has 100 valence electrons. The highest BCUT2D eigenvalue weighted by atomic mass is 19.1. The van der Waals surface area contributed by atoms with Crippen LogP contribution < -0.4 is 5.73 Å². The van der Waals surface area contributed by atoms with E-state index in [1.165, 1.54) is 25.0 Å². The highest BCUT2D eigenvalue weighted by molar-refractivity contribution is 5.77. The molecule has 0 atom stereocenters. The minimum absolute atomic E-state index is 0.238. The number of hydrogen-bond acceptors (Lipinski definition) is 2. The molecule has 1 aliphatic rings. The van der Waals surface area contributed by atoms with E-state index in [0.29, 0.717) is 11.7 Å². The molecule has 1 aromatic carbocycles. The van der Waals surface area contributed by atoms with Crippen molar-refractivity contribution in [3.63, 3.8) is 0 Å². The SMILES string of the molecule is Cn1nc(C2CCCC2)c(-c2cccc(F)c2)c1N. The van der Waals surface area contributed by atoms with E-state index in [9.17, 15) is 4.39 Å². The van der Waals surface area contributed by atoms with Crippen LogP contribution in [0.5, 0.6) is 0 Å². The average Bonchev–Trinajstić information content (AvgIpc) is 2.99. The fraction of sp³-hybridized carbons (Fsp3) is 0.400. The Bertz CT molecular complexity index is 597. The maximum absolute atomic E-state index is 13.4. The zero-order chi connectivity index (χ0) is 13.4. The van der Waals surface area contributed by atoms with Gasteiger partial charge in [-0.2, -0.15) is 5.10 Å². The second kappa shape index (κ2) is 4.68. The van der Waals surface area contributed by atoms with Crippen molar-refractivity contribution < 1.29 is 4.39 Å². The second-order valence-electron chi connectivity index (χ2n) is 5.26. The van der Waals surface area contributed by atoms with Gasteiger partial charge in [-0.1, -0.05) is 25.0 Å². The molecule has 0 unspecified atom stereocenters. The monoisotopic (exact) mass is 259 g/mol. The number of nitrogens with two attached hydrogens (primary N) is 1. The topological polar surface area (TPSA) is 43.8 Å². The lowest BCUT2D eigenvalue weighted by Gasteiger charge is -2.09. The fourth-order valence-corrected chi connectivity index (χ4v) is 2.98. The summed E-state index contributed by atoms with van der Waals surface area (Å²) < 4.78 is 15.1. The first-order valence-corrected chi connectivity index (χ1v) is 6.75. The quantitative estimate of drug-likeness (QED) is 0.897. The van der Waals surface area contributed by atoms with Gasteiger partial charge in [0.2, 0.25) is 0 Å². The summed E-state index contributed by atoms with van der Waals surface area (Å²) in [7, 11) is 1.84. The van der Waals surface area contributed by atoms with E-state index in [-0.39, 0.29) is 5.82 Å². The summed E-state index contributed by atoms with van der Waals surface area (Å²) in [6, 6.07) is 6.60. The van der Waals surface area contributed by atoms with Crippen molar-refractivity contribution >= 4 is 5.82 Å². The van der Waals surface area contributed by atoms with Crippen LogP contribution in [0.1, 0.15) is 37.3 Å². The predicted molar refractivity (Wildman–Crippen MR) is 74.2 cm³/mol. The standard InChI is InChI=1S/C15H18FN3/c1-19-15(17)13(11-7-4-8-12(16)9-11)14(18-19)10-5-2-3-6-10/h4,7-10H,2-3,5-6,17H2,1H3. The van der Waals surface area contributed by atoms with Gasteiger partial charge in [-0.15, -0.1) is 0 Å². The van der Waals surface area contributed by atoms with E-state index in [1.54, 1.807) is 10.7 Å². The van der Waals surface area contributed by atoms with Gasteiger partial charge in [0.25, 0.3) is 0 Å². The minimum atomic E-state index is -0.238. The average molecular weight is 259 g/mol. The van der Waals surface area contributed by atoms with E-state index in [4.69, 9.17) is 5.73 Å². The van der Waals surface area contributed by atoms with Crippen LogP contribution in [0.25, 0.3) is 11.1 Å². The van der Waals surface area contributed by atoms with Crippen LogP contribution in [0.3, 0.4) is 0 Å². The number of nitrogen functional groups attached to an aromatic ring is 1. The molecular weight excluding hydrogens is 241 g/mol. The summed E-state index contributed by atoms with van der Waals surface area (Å²) in [6.07, 6.45) is 4.78. The van der Waals surface area contributed by atoms with Gasteiger partial charge in [-0.3, -0.25) is 4.68 Å². The maximum atomic E-state index is 13.4. The van der Waals surface area contributed by atoms with Gasteiger partial charge >= 0.3 is 0 Å².